The summed E-state index contributed by atoms with van der Waals surface area (Å²) in [6, 6.07) is 10.3. The summed E-state index contributed by atoms with van der Waals surface area (Å²) in [5.41, 5.74) is 3.27. The highest BCUT2D eigenvalue weighted by Crippen LogP contribution is 2.25. The molecule has 1 aromatic carbocycles. The third kappa shape index (κ3) is 2.98. The number of rotatable bonds is 2. The van der Waals surface area contributed by atoms with Gasteiger partial charge in [-0.15, -0.1) is 12.8 Å². The standard InChI is InChI=1S/C17H15N.BrH/c1-5-12(3)15-11-17(13(4)6-2)18-16-10-8-7-9-14(15)16;/h1-2,7-13H,3-4H3;1H. The van der Waals surface area contributed by atoms with Gasteiger partial charge in [-0.05, 0) is 25.5 Å². The number of aromatic nitrogens is 1. The lowest BCUT2D eigenvalue weighted by atomic mass is 9.94. The lowest BCUT2D eigenvalue weighted by Gasteiger charge is -2.09. The van der Waals surface area contributed by atoms with Crippen LogP contribution in [0, 0.1) is 24.7 Å². The average Bonchev–Trinajstić information content (AvgIpc) is 2.44. The van der Waals surface area contributed by atoms with Crippen molar-refractivity contribution >= 4 is 10.9 Å². The summed E-state index contributed by atoms with van der Waals surface area (Å²) < 4.78 is 0. The van der Waals surface area contributed by atoms with Crippen LogP contribution in [-0.4, -0.2) is 0 Å². The minimum atomic E-state index is 0. The highest BCUT2D eigenvalue weighted by atomic mass is 79.9. The van der Waals surface area contributed by atoms with Gasteiger partial charge in [0.15, 0.2) is 5.69 Å². The quantitative estimate of drug-likeness (QED) is 0.700. The van der Waals surface area contributed by atoms with Crippen molar-refractivity contribution in [3.8, 4) is 24.7 Å². The summed E-state index contributed by atoms with van der Waals surface area (Å²) in [7, 11) is 0. The Morgan fingerprint density at radius 3 is 2.32 bits per heavy atom. The van der Waals surface area contributed by atoms with Gasteiger partial charge in [0.05, 0.1) is 5.39 Å². The second-order valence-electron chi connectivity index (χ2n) is 4.50. The molecule has 1 aromatic heterocycles. The van der Waals surface area contributed by atoms with Crippen LogP contribution < -0.4 is 22.0 Å². The summed E-state index contributed by atoms with van der Waals surface area (Å²) in [5, 5.41) is 1.16. The molecule has 2 atom stereocenters. The molecule has 19 heavy (non-hydrogen) atoms. The molecular weight excluding hydrogens is 298 g/mol. The number of benzene rings is 1. The smallest absolute Gasteiger partial charge is 0.211 e. The van der Waals surface area contributed by atoms with Crippen LogP contribution in [0.5, 0.6) is 0 Å². The fourth-order valence-electron chi connectivity index (χ4n) is 2.05. The van der Waals surface area contributed by atoms with Crippen molar-refractivity contribution in [3.63, 3.8) is 0 Å². The SMILES string of the molecule is C#CC(C)c1cc(C(C)C#C)c2ccccc2[nH+]1.[Br-]. The number of fused-ring (bicyclic) bond motifs is 1. The first-order valence-corrected chi connectivity index (χ1v) is 6.04. The van der Waals surface area contributed by atoms with Gasteiger partial charge >= 0.3 is 0 Å². The van der Waals surface area contributed by atoms with Gasteiger partial charge < -0.3 is 17.0 Å². The second kappa shape index (κ2) is 6.41. The molecule has 0 amide bonds. The molecule has 0 radical (unpaired) electrons. The van der Waals surface area contributed by atoms with E-state index in [1.807, 2.05) is 26.0 Å². The predicted octanol–water partition coefficient (Wildman–Crippen LogP) is 0.131. The first kappa shape index (κ1) is 15.3. The molecule has 2 unspecified atom stereocenters. The van der Waals surface area contributed by atoms with Gasteiger partial charge in [0.2, 0.25) is 5.52 Å². The molecule has 0 aliphatic rings. The largest absolute Gasteiger partial charge is 1.00 e. The van der Waals surface area contributed by atoms with Crippen LogP contribution in [0.2, 0.25) is 0 Å². The maximum Gasteiger partial charge on any atom is 0.211 e. The first-order valence-electron chi connectivity index (χ1n) is 6.04. The zero-order valence-corrected chi connectivity index (χ0v) is 12.7. The van der Waals surface area contributed by atoms with Gasteiger partial charge in [-0.3, -0.25) is 0 Å². The van der Waals surface area contributed by atoms with Crippen molar-refractivity contribution in [2.45, 2.75) is 25.7 Å². The summed E-state index contributed by atoms with van der Waals surface area (Å²) in [6.45, 7) is 4.04. The van der Waals surface area contributed by atoms with E-state index < -0.39 is 0 Å². The Morgan fingerprint density at radius 2 is 1.68 bits per heavy atom. The third-order valence-electron chi connectivity index (χ3n) is 3.26. The number of aromatic amines is 1. The van der Waals surface area contributed by atoms with Gasteiger partial charge in [0, 0.05) is 18.1 Å². The second-order valence-corrected chi connectivity index (χ2v) is 4.50. The average molecular weight is 314 g/mol. The van der Waals surface area contributed by atoms with E-state index >= 15 is 0 Å². The van der Waals surface area contributed by atoms with Crippen LogP contribution in [0.4, 0.5) is 0 Å². The Kier molecular flexibility index (Phi) is 5.16. The Labute approximate surface area is 125 Å². The third-order valence-corrected chi connectivity index (χ3v) is 3.26. The van der Waals surface area contributed by atoms with Crippen molar-refractivity contribution in [1.29, 1.82) is 0 Å². The molecule has 0 saturated heterocycles. The summed E-state index contributed by atoms with van der Waals surface area (Å²) in [5.74, 6) is 5.67. The fraction of sp³-hybridized carbons (Fsp3) is 0.235. The number of hydrogen-bond acceptors (Lipinski definition) is 0. The van der Waals surface area contributed by atoms with Crippen molar-refractivity contribution in [3.05, 3.63) is 41.6 Å². The van der Waals surface area contributed by atoms with Crippen molar-refractivity contribution in [2.75, 3.05) is 0 Å². The van der Waals surface area contributed by atoms with E-state index in [1.165, 1.54) is 0 Å². The summed E-state index contributed by atoms with van der Waals surface area (Å²) in [6.07, 6.45) is 11.0. The van der Waals surface area contributed by atoms with E-state index in [2.05, 4.69) is 35.0 Å². The van der Waals surface area contributed by atoms with Gasteiger partial charge in [-0.2, -0.15) is 0 Å². The van der Waals surface area contributed by atoms with Gasteiger partial charge in [-0.1, -0.05) is 24.0 Å². The topological polar surface area (TPSA) is 14.1 Å². The Balaban J connectivity index is 0.00000180. The number of halogens is 1. The molecule has 2 rings (SSSR count). The van der Waals surface area contributed by atoms with E-state index in [9.17, 15) is 0 Å². The highest BCUT2D eigenvalue weighted by Gasteiger charge is 2.17. The Hall–Kier alpha value is -1.77. The first-order chi connectivity index (χ1) is 8.67. The minimum Gasteiger partial charge on any atom is -1.00 e. The molecule has 0 aliphatic carbocycles. The number of hydrogen-bond donors (Lipinski definition) is 0. The zero-order chi connectivity index (χ0) is 13.1. The number of pyridine rings is 1. The maximum atomic E-state index is 5.55. The monoisotopic (exact) mass is 313 g/mol. The molecular formula is C17H16BrN. The van der Waals surface area contributed by atoms with E-state index in [-0.39, 0.29) is 28.8 Å². The normalized spacial score (nSPS) is 12.8. The zero-order valence-electron chi connectivity index (χ0n) is 11.1. The lowest BCUT2D eigenvalue weighted by Crippen LogP contribution is -3.00. The molecule has 0 saturated carbocycles. The van der Waals surface area contributed by atoms with Crippen LogP contribution in [0.15, 0.2) is 30.3 Å². The molecule has 0 aliphatic heterocycles. The molecule has 1 N–H and O–H groups in total. The Morgan fingerprint density at radius 1 is 1.05 bits per heavy atom. The van der Waals surface area contributed by atoms with Gasteiger partial charge in [0.25, 0.3) is 0 Å². The number of terminal acetylenes is 2. The molecule has 2 heteroatoms. The molecule has 0 bridgehead atoms. The van der Waals surface area contributed by atoms with Crippen LogP contribution >= 0.6 is 0 Å². The van der Waals surface area contributed by atoms with Crippen molar-refractivity contribution < 1.29 is 22.0 Å². The molecule has 0 spiro atoms. The fourth-order valence-corrected chi connectivity index (χ4v) is 2.05. The predicted molar refractivity (Wildman–Crippen MR) is 75.0 cm³/mol. The Bertz CT molecular complexity index is 661. The van der Waals surface area contributed by atoms with Crippen LogP contribution in [0.1, 0.15) is 36.9 Å². The van der Waals surface area contributed by atoms with Gasteiger partial charge in [0.1, 0.15) is 5.92 Å². The van der Waals surface area contributed by atoms with Crippen LogP contribution in [0.25, 0.3) is 10.9 Å². The summed E-state index contributed by atoms with van der Waals surface area (Å²) in [4.78, 5) is 3.39. The molecule has 96 valence electrons. The molecule has 1 heterocycles. The van der Waals surface area contributed by atoms with Crippen molar-refractivity contribution in [1.82, 2.24) is 0 Å². The highest BCUT2D eigenvalue weighted by molar-refractivity contribution is 5.80. The number of para-hydroxylation sites is 1. The van der Waals surface area contributed by atoms with E-state index in [4.69, 9.17) is 12.8 Å². The van der Waals surface area contributed by atoms with Crippen molar-refractivity contribution in [2.24, 2.45) is 0 Å². The number of H-pyrrole nitrogens is 1. The van der Waals surface area contributed by atoms with E-state index in [0.29, 0.717) is 0 Å². The lowest BCUT2D eigenvalue weighted by molar-refractivity contribution is -0.358. The summed E-state index contributed by atoms with van der Waals surface area (Å²) >= 11 is 0. The van der Waals surface area contributed by atoms with E-state index in [0.717, 1.165) is 22.2 Å². The maximum absolute atomic E-state index is 5.55. The van der Waals surface area contributed by atoms with Crippen LogP contribution in [-0.2, 0) is 0 Å². The van der Waals surface area contributed by atoms with Crippen LogP contribution in [0.3, 0.4) is 0 Å². The van der Waals surface area contributed by atoms with Gasteiger partial charge in [-0.25, -0.2) is 4.98 Å². The molecule has 0 fully saturated rings. The minimum absolute atomic E-state index is 0. The van der Waals surface area contributed by atoms with E-state index in [1.54, 1.807) is 0 Å². The number of nitrogens with one attached hydrogen (secondary N) is 1. The molecule has 2 aromatic rings. The molecule has 1 nitrogen and oxygen atoms in total.